The van der Waals surface area contributed by atoms with Crippen LogP contribution in [0.2, 0.25) is 0 Å². The second kappa shape index (κ2) is 6.72. The highest BCUT2D eigenvalue weighted by molar-refractivity contribution is 5.89. The van der Waals surface area contributed by atoms with E-state index in [9.17, 15) is 4.79 Å². The van der Waals surface area contributed by atoms with E-state index in [4.69, 9.17) is 0 Å². The van der Waals surface area contributed by atoms with Gasteiger partial charge in [0.2, 0.25) is 0 Å². The maximum absolute atomic E-state index is 10.9. The van der Waals surface area contributed by atoms with Crippen molar-refractivity contribution in [3.8, 4) is 11.1 Å². The molecule has 126 valence electrons. The number of carbonyl (C=O) groups is 1. The molecule has 0 spiro atoms. The van der Waals surface area contributed by atoms with Crippen LogP contribution in [0.1, 0.15) is 16.1 Å². The Morgan fingerprint density at radius 2 is 1.81 bits per heavy atom. The van der Waals surface area contributed by atoms with Gasteiger partial charge in [-0.2, -0.15) is 0 Å². The first kappa shape index (κ1) is 15.9. The first-order valence-corrected chi connectivity index (χ1v) is 8.25. The predicted octanol–water partition coefficient (Wildman–Crippen LogP) is 4.56. The summed E-state index contributed by atoms with van der Waals surface area (Å²) in [6.07, 6.45) is 3.80. The Morgan fingerprint density at radius 1 is 0.962 bits per heavy atom. The fourth-order valence-electron chi connectivity index (χ4n) is 2.94. The Kier molecular flexibility index (Phi) is 4.11. The lowest BCUT2D eigenvalue weighted by Crippen LogP contribution is -2.00. The van der Waals surface area contributed by atoms with E-state index < -0.39 is 0 Å². The number of aromatic nitrogens is 3. The van der Waals surface area contributed by atoms with Crippen molar-refractivity contribution in [1.29, 1.82) is 0 Å². The molecular weight excluding hydrogens is 324 g/mol. The molecule has 0 bridgehead atoms. The van der Waals surface area contributed by atoms with Crippen molar-refractivity contribution in [3.63, 3.8) is 0 Å². The van der Waals surface area contributed by atoms with Crippen molar-refractivity contribution in [2.24, 2.45) is 0 Å². The van der Waals surface area contributed by atoms with Crippen LogP contribution in [0, 0.1) is 6.92 Å². The summed E-state index contributed by atoms with van der Waals surface area (Å²) in [5, 5.41) is 3.36. The van der Waals surface area contributed by atoms with Gasteiger partial charge in [-0.1, -0.05) is 42.5 Å². The Morgan fingerprint density at radius 3 is 2.62 bits per heavy atom. The second-order valence-electron chi connectivity index (χ2n) is 5.91. The number of fused-ring (bicyclic) bond motifs is 1. The zero-order chi connectivity index (χ0) is 17.9. The van der Waals surface area contributed by atoms with Crippen LogP contribution in [-0.4, -0.2) is 21.2 Å². The van der Waals surface area contributed by atoms with Crippen molar-refractivity contribution in [2.45, 2.75) is 6.92 Å². The summed E-state index contributed by atoms with van der Waals surface area (Å²) >= 11 is 0. The molecule has 0 atom stereocenters. The van der Waals surface area contributed by atoms with Crippen LogP contribution >= 0.6 is 0 Å². The second-order valence-corrected chi connectivity index (χ2v) is 5.91. The van der Waals surface area contributed by atoms with Gasteiger partial charge in [0.25, 0.3) is 0 Å². The van der Waals surface area contributed by atoms with Gasteiger partial charge in [-0.05, 0) is 35.7 Å². The van der Waals surface area contributed by atoms with Crippen molar-refractivity contribution in [2.75, 3.05) is 5.32 Å². The average Bonchev–Trinajstić information content (AvgIpc) is 2.70. The van der Waals surface area contributed by atoms with Gasteiger partial charge in [-0.15, -0.1) is 0 Å². The van der Waals surface area contributed by atoms with Gasteiger partial charge in [0.1, 0.15) is 11.2 Å². The summed E-state index contributed by atoms with van der Waals surface area (Å²) in [6, 6.07) is 18.1. The third kappa shape index (κ3) is 2.91. The maximum atomic E-state index is 10.9. The third-order valence-electron chi connectivity index (χ3n) is 4.27. The molecule has 2 aromatic heterocycles. The lowest BCUT2D eigenvalue weighted by molar-refractivity contribution is 0.111. The number of anilines is 2. The van der Waals surface area contributed by atoms with E-state index >= 15 is 0 Å². The highest BCUT2D eigenvalue weighted by Crippen LogP contribution is 2.31. The Bertz CT molecular complexity index is 1090. The molecule has 0 aliphatic rings. The first-order valence-electron chi connectivity index (χ1n) is 8.25. The van der Waals surface area contributed by atoms with Gasteiger partial charge < -0.3 is 5.32 Å². The van der Waals surface area contributed by atoms with Crippen molar-refractivity contribution < 1.29 is 4.79 Å². The van der Waals surface area contributed by atoms with Gasteiger partial charge in [0.15, 0.2) is 12.1 Å². The molecule has 2 heterocycles. The van der Waals surface area contributed by atoms with Crippen molar-refractivity contribution in [1.82, 2.24) is 15.0 Å². The Hall–Kier alpha value is -3.60. The van der Waals surface area contributed by atoms with Crippen LogP contribution in [0.15, 0.2) is 67.0 Å². The molecular formula is C21H16N4O. The predicted molar refractivity (Wildman–Crippen MR) is 103 cm³/mol. The fraction of sp³-hybridized carbons (Fsp3) is 0.0476. The van der Waals surface area contributed by atoms with Crippen molar-refractivity contribution in [3.05, 3.63) is 78.2 Å². The van der Waals surface area contributed by atoms with Crippen molar-refractivity contribution >= 4 is 28.8 Å². The van der Waals surface area contributed by atoms with Crippen LogP contribution < -0.4 is 5.32 Å². The summed E-state index contributed by atoms with van der Waals surface area (Å²) in [4.78, 5) is 23.9. The van der Waals surface area contributed by atoms with E-state index in [2.05, 4.69) is 45.4 Å². The minimum atomic E-state index is 0.303. The van der Waals surface area contributed by atoms with E-state index in [0.29, 0.717) is 28.8 Å². The molecule has 0 saturated heterocycles. The molecule has 4 aromatic rings. The number of hydrogen-bond donors (Lipinski definition) is 1. The highest BCUT2D eigenvalue weighted by atomic mass is 16.1. The molecule has 1 N–H and O–H groups in total. The molecule has 0 radical (unpaired) electrons. The normalized spacial score (nSPS) is 10.7. The topological polar surface area (TPSA) is 67.8 Å². The molecule has 5 heteroatoms. The lowest BCUT2D eigenvalue weighted by atomic mass is 9.99. The Balaban J connectivity index is 1.77. The first-order chi connectivity index (χ1) is 12.8. The SMILES string of the molecule is Cc1c(Nc2nccc3nc(C=O)cnc23)cccc1-c1ccccc1. The third-order valence-corrected chi connectivity index (χ3v) is 4.27. The number of hydrogen-bond acceptors (Lipinski definition) is 5. The van der Waals surface area contributed by atoms with Crippen LogP contribution in [0.3, 0.4) is 0 Å². The van der Waals surface area contributed by atoms with Crippen LogP contribution in [-0.2, 0) is 0 Å². The lowest BCUT2D eigenvalue weighted by Gasteiger charge is -2.14. The van der Waals surface area contributed by atoms with Crippen LogP contribution in [0.25, 0.3) is 22.2 Å². The minimum Gasteiger partial charge on any atom is -0.338 e. The number of nitrogens with one attached hydrogen (secondary N) is 1. The summed E-state index contributed by atoms with van der Waals surface area (Å²) in [6.45, 7) is 2.08. The van der Waals surface area contributed by atoms with E-state index in [0.717, 1.165) is 22.4 Å². The summed E-state index contributed by atoms with van der Waals surface area (Å²) in [5.74, 6) is 0.612. The summed E-state index contributed by atoms with van der Waals surface area (Å²) in [5.41, 5.74) is 5.95. The monoisotopic (exact) mass is 340 g/mol. The van der Waals surface area contributed by atoms with E-state index in [1.807, 2.05) is 30.3 Å². The zero-order valence-electron chi connectivity index (χ0n) is 14.2. The van der Waals surface area contributed by atoms with E-state index in [1.54, 1.807) is 12.3 Å². The molecule has 0 aliphatic carbocycles. The van der Waals surface area contributed by atoms with Gasteiger partial charge in [-0.25, -0.2) is 15.0 Å². The molecule has 0 aliphatic heterocycles. The number of aldehydes is 1. The maximum Gasteiger partial charge on any atom is 0.170 e. The number of nitrogens with zero attached hydrogens (tertiary/aromatic N) is 3. The molecule has 0 fully saturated rings. The van der Waals surface area contributed by atoms with Crippen LogP contribution in [0.4, 0.5) is 11.5 Å². The van der Waals surface area contributed by atoms with E-state index in [1.165, 1.54) is 6.20 Å². The Labute approximate surface area is 150 Å². The number of rotatable bonds is 4. The fourth-order valence-corrected chi connectivity index (χ4v) is 2.94. The number of pyridine rings is 1. The molecule has 26 heavy (non-hydrogen) atoms. The van der Waals surface area contributed by atoms with Gasteiger partial charge in [-0.3, -0.25) is 4.79 Å². The average molecular weight is 340 g/mol. The van der Waals surface area contributed by atoms with Gasteiger partial charge >= 0.3 is 0 Å². The zero-order valence-corrected chi connectivity index (χ0v) is 14.2. The summed E-state index contributed by atoms with van der Waals surface area (Å²) in [7, 11) is 0. The number of benzene rings is 2. The molecule has 0 unspecified atom stereocenters. The standard InChI is InChI=1S/C21H16N4O/c1-14-17(15-6-3-2-4-7-15)8-5-9-18(14)25-21-20-19(10-11-22-21)24-16(13-26)12-23-20/h2-13H,1H3,(H,22,25). The summed E-state index contributed by atoms with van der Waals surface area (Å²) < 4.78 is 0. The minimum absolute atomic E-state index is 0.303. The largest absolute Gasteiger partial charge is 0.338 e. The molecule has 4 rings (SSSR count). The molecule has 0 saturated carbocycles. The molecule has 2 aromatic carbocycles. The van der Waals surface area contributed by atoms with E-state index in [-0.39, 0.29) is 0 Å². The smallest absolute Gasteiger partial charge is 0.170 e. The van der Waals surface area contributed by atoms with Crippen LogP contribution in [0.5, 0.6) is 0 Å². The quantitative estimate of drug-likeness (QED) is 0.552. The molecule has 0 amide bonds. The van der Waals surface area contributed by atoms with Gasteiger partial charge in [0.05, 0.1) is 11.7 Å². The number of carbonyl (C=O) groups excluding carboxylic acids is 1. The highest BCUT2D eigenvalue weighted by Gasteiger charge is 2.10. The molecule has 5 nitrogen and oxygen atoms in total. The van der Waals surface area contributed by atoms with Gasteiger partial charge in [0, 0.05) is 11.9 Å².